The number of urea groups is 1. The van der Waals surface area contributed by atoms with Crippen LogP contribution >= 0.6 is 0 Å². The number of benzene rings is 1. The molecule has 2 amide bonds. The van der Waals surface area contributed by atoms with Gasteiger partial charge in [-0.2, -0.15) is 0 Å². The predicted octanol–water partition coefficient (Wildman–Crippen LogP) is 3.12. The lowest BCUT2D eigenvalue weighted by Gasteiger charge is -2.21. The number of hydrogen-bond acceptors (Lipinski definition) is 2. The first-order valence-electron chi connectivity index (χ1n) is 7.20. The standard InChI is InChI=1S/C16H26N2O2/c1-5-11-17-15(19)18-12-10-13-6-8-14(9-7-13)20-16(2,3)4/h6-9H,5,10-12H2,1-4H3,(H2,17,18,19). The molecule has 4 heteroatoms. The van der Waals surface area contributed by atoms with Gasteiger partial charge in [-0.1, -0.05) is 19.1 Å². The third-order valence-electron chi connectivity index (χ3n) is 2.58. The van der Waals surface area contributed by atoms with Crippen LogP contribution in [0.1, 0.15) is 39.7 Å². The van der Waals surface area contributed by atoms with Crippen LogP contribution in [0, 0.1) is 0 Å². The maximum absolute atomic E-state index is 11.4. The minimum atomic E-state index is -0.180. The first kappa shape index (κ1) is 16.3. The fraction of sp³-hybridized carbons (Fsp3) is 0.562. The minimum Gasteiger partial charge on any atom is -0.488 e. The minimum absolute atomic E-state index is 0.0977. The van der Waals surface area contributed by atoms with E-state index in [1.54, 1.807) is 0 Å². The molecule has 112 valence electrons. The van der Waals surface area contributed by atoms with E-state index >= 15 is 0 Å². The van der Waals surface area contributed by atoms with Gasteiger partial charge in [0.25, 0.3) is 0 Å². The highest BCUT2D eigenvalue weighted by molar-refractivity contribution is 5.73. The van der Waals surface area contributed by atoms with E-state index in [0.717, 1.165) is 18.6 Å². The van der Waals surface area contributed by atoms with Gasteiger partial charge >= 0.3 is 6.03 Å². The van der Waals surface area contributed by atoms with Crippen LogP contribution in [-0.2, 0) is 6.42 Å². The second-order valence-corrected chi connectivity index (χ2v) is 5.79. The SMILES string of the molecule is CCCNC(=O)NCCc1ccc(OC(C)(C)C)cc1. The highest BCUT2D eigenvalue weighted by atomic mass is 16.5. The Kier molecular flexibility index (Phi) is 6.36. The van der Waals surface area contributed by atoms with Crippen LogP contribution in [0.4, 0.5) is 4.79 Å². The van der Waals surface area contributed by atoms with Crippen molar-refractivity contribution >= 4 is 6.03 Å². The van der Waals surface area contributed by atoms with E-state index in [2.05, 4.69) is 10.6 Å². The van der Waals surface area contributed by atoms with Crippen molar-refractivity contribution in [2.45, 2.75) is 46.1 Å². The molecular formula is C16H26N2O2. The van der Waals surface area contributed by atoms with Crippen molar-refractivity contribution in [3.63, 3.8) is 0 Å². The lowest BCUT2D eigenvalue weighted by Crippen LogP contribution is -2.36. The molecule has 0 radical (unpaired) electrons. The van der Waals surface area contributed by atoms with Gasteiger partial charge in [0.05, 0.1) is 0 Å². The van der Waals surface area contributed by atoms with Gasteiger partial charge in [-0.05, 0) is 51.3 Å². The summed E-state index contributed by atoms with van der Waals surface area (Å²) < 4.78 is 5.76. The molecule has 2 N–H and O–H groups in total. The van der Waals surface area contributed by atoms with Crippen molar-refractivity contribution < 1.29 is 9.53 Å². The molecule has 0 saturated carbocycles. The van der Waals surface area contributed by atoms with Gasteiger partial charge in [-0.25, -0.2) is 4.79 Å². The van der Waals surface area contributed by atoms with Crippen molar-refractivity contribution in [2.24, 2.45) is 0 Å². The fourth-order valence-electron chi connectivity index (χ4n) is 1.70. The van der Waals surface area contributed by atoms with Crippen molar-refractivity contribution in [3.8, 4) is 5.75 Å². The number of rotatable bonds is 6. The van der Waals surface area contributed by atoms with Crippen LogP contribution in [0.15, 0.2) is 24.3 Å². The predicted molar refractivity (Wildman–Crippen MR) is 82.2 cm³/mol. The molecule has 4 nitrogen and oxygen atoms in total. The lowest BCUT2D eigenvalue weighted by atomic mass is 10.1. The van der Waals surface area contributed by atoms with Crippen molar-refractivity contribution in [1.29, 1.82) is 0 Å². The molecule has 0 spiro atoms. The Labute approximate surface area is 121 Å². The third-order valence-corrected chi connectivity index (χ3v) is 2.58. The Morgan fingerprint density at radius 2 is 1.70 bits per heavy atom. The number of nitrogens with one attached hydrogen (secondary N) is 2. The summed E-state index contributed by atoms with van der Waals surface area (Å²) in [6.07, 6.45) is 1.76. The first-order chi connectivity index (χ1) is 9.40. The quantitative estimate of drug-likeness (QED) is 0.840. The molecule has 0 unspecified atom stereocenters. The van der Waals surface area contributed by atoms with Crippen molar-refractivity contribution in [2.75, 3.05) is 13.1 Å². The van der Waals surface area contributed by atoms with Crippen LogP contribution in [0.25, 0.3) is 0 Å². The number of amides is 2. The highest BCUT2D eigenvalue weighted by Crippen LogP contribution is 2.18. The average Bonchev–Trinajstić information content (AvgIpc) is 2.37. The molecule has 20 heavy (non-hydrogen) atoms. The number of carbonyl (C=O) groups excluding carboxylic acids is 1. The third kappa shape index (κ3) is 7.02. The molecule has 0 saturated heterocycles. The largest absolute Gasteiger partial charge is 0.488 e. The summed E-state index contributed by atoms with van der Waals surface area (Å²) in [4.78, 5) is 11.4. The maximum atomic E-state index is 11.4. The Morgan fingerprint density at radius 1 is 1.10 bits per heavy atom. The molecule has 0 atom stereocenters. The summed E-state index contributed by atoms with van der Waals surface area (Å²) >= 11 is 0. The van der Waals surface area contributed by atoms with Crippen LogP contribution < -0.4 is 15.4 Å². The molecule has 1 rings (SSSR count). The number of hydrogen-bond donors (Lipinski definition) is 2. The zero-order valence-corrected chi connectivity index (χ0v) is 13.0. The van der Waals surface area contributed by atoms with Gasteiger partial charge in [0.1, 0.15) is 11.4 Å². The Bertz CT molecular complexity index is 407. The summed E-state index contributed by atoms with van der Waals surface area (Å²) in [6.45, 7) is 9.46. The molecule has 0 aliphatic carbocycles. The normalized spacial score (nSPS) is 11.0. The zero-order valence-electron chi connectivity index (χ0n) is 13.0. The summed E-state index contributed by atoms with van der Waals surface area (Å²) in [5.41, 5.74) is 1.00. The van der Waals surface area contributed by atoms with Crippen molar-refractivity contribution in [1.82, 2.24) is 10.6 Å². The van der Waals surface area contributed by atoms with Gasteiger partial charge in [0.15, 0.2) is 0 Å². The molecule has 0 heterocycles. The summed E-state index contributed by atoms with van der Waals surface area (Å²) in [5, 5.41) is 5.62. The van der Waals surface area contributed by atoms with E-state index in [-0.39, 0.29) is 11.6 Å². The van der Waals surface area contributed by atoms with Gasteiger partial charge in [-0.3, -0.25) is 0 Å². The molecule has 1 aromatic rings. The maximum Gasteiger partial charge on any atom is 0.314 e. The highest BCUT2D eigenvalue weighted by Gasteiger charge is 2.11. The summed E-state index contributed by atoms with van der Waals surface area (Å²) in [5.74, 6) is 0.870. The van der Waals surface area contributed by atoms with Crippen LogP contribution in [0.2, 0.25) is 0 Å². The second-order valence-electron chi connectivity index (χ2n) is 5.79. The Hall–Kier alpha value is -1.71. The van der Waals surface area contributed by atoms with E-state index in [1.807, 2.05) is 52.0 Å². The van der Waals surface area contributed by atoms with Crippen LogP contribution in [-0.4, -0.2) is 24.7 Å². The van der Waals surface area contributed by atoms with E-state index in [4.69, 9.17) is 4.74 Å². The smallest absolute Gasteiger partial charge is 0.314 e. The van der Waals surface area contributed by atoms with E-state index in [1.165, 1.54) is 5.56 Å². The van der Waals surface area contributed by atoms with Crippen molar-refractivity contribution in [3.05, 3.63) is 29.8 Å². The van der Waals surface area contributed by atoms with E-state index < -0.39 is 0 Å². The summed E-state index contributed by atoms with van der Waals surface area (Å²) in [6, 6.07) is 7.91. The number of carbonyl (C=O) groups is 1. The second kappa shape index (κ2) is 7.78. The lowest BCUT2D eigenvalue weighted by molar-refractivity contribution is 0.131. The van der Waals surface area contributed by atoms with E-state index in [0.29, 0.717) is 13.1 Å². The molecule has 1 aromatic carbocycles. The summed E-state index contributed by atoms with van der Waals surface area (Å²) in [7, 11) is 0. The first-order valence-corrected chi connectivity index (χ1v) is 7.20. The fourth-order valence-corrected chi connectivity index (χ4v) is 1.70. The van der Waals surface area contributed by atoms with Gasteiger partial charge < -0.3 is 15.4 Å². The van der Waals surface area contributed by atoms with E-state index in [9.17, 15) is 4.79 Å². The zero-order chi connectivity index (χ0) is 15.0. The molecule has 0 fully saturated rings. The van der Waals surface area contributed by atoms with Gasteiger partial charge in [-0.15, -0.1) is 0 Å². The molecule has 0 aromatic heterocycles. The topological polar surface area (TPSA) is 50.4 Å². The molecule has 0 aliphatic heterocycles. The molecule has 0 aliphatic rings. The Morgan fingerprint density at radius 3 is 2.25 bits per heavy atom. The van der Waals surface area contributed by atoms with Crippen LogP contribution in [0.5, 0.6) is 5.75 Å². The van der Waals surface area contributed by atoms with Gasteiger partial charge in [0, 0.05) is 13.1 Å². The average molecular weight is 278 g/mol. The van der Waals surface area contributed by atoms with Crippen LogP contribution in [0.3, 0.4) is 0 Å². The molecular weight excluding hydrogens is 252 g/mol. The number of ether oxygens (including phenoxy) is 1. The van der Waals surface area contributed by atoms with Gasteiger partial charge in [0.2, 0.25) is 0 Å². The Balaban J connectivity index is 2.33. The molecule has 0 bridgehead atoms. The monoisotopic (exact) mass is 278 g/mol.